The molecule has 3 N–H and O–H groups in total. The Morgan fingerprint density at radius 1 is 1.30 bits per heavy atom. The molecule has 2 aliphatic rings. The van der Waals surface area contributed by atoms with Crippen LogP contribution in [0.3, 0.4) is 0 Å². The first-order chi connectivity index (χ1) is 12.8. The fourth-order valence-electron chi connectivity index (χ4n) is 3.97. The molecule has 2 aliphatic heterocycles. The smallest absolute Gasteiger partial charge is 0.340 e. The highest BCUT2D eigenvalue weighted by Gasteiger charge is 2.61. The third-order valence-electron chi connectivity index (χ3n) is 5.03. The monoisotopic (exact) mass is 367 g/mol. The third kappa shape index (κ3) is 1.95. The van der Waals surface area contributed by atoms with E-state index in [1.54, 1.807) is 44.3 Å². The lowest BCUT2D eigenvalue weighted by Gasteiger charge is -2.34. The number of likely N-dealkylation sites (N-methyl/N-ethyl adjacent to an activating group) is 1. The molecule has 1 unspecified atom stereocenters. The van der Waals surface area contributed by atoms with Crippen LogP contribution in [0.25, 0.3) is 0 Å². The summed E-state index contributed by atoms with van der Waals surface area (Å²) in [6.07, 6.45) is 0. The van der Waals surface area contributed by atoms with E-state index in [4.69, 9.17) is 15.2 Å². The molecule has 8 nitrogen and oxygen atoms in total. The predicted octanol–water partition coefficient (Wildman–Crippen LogP) is 0.682. The molecule has 138 valence electrons. The highest BCUT2D eigenvalue weighted by atomic mass is 16.5. The van der Waals surface area contributed by atoms with Gasteiger partial charge in [0.2, 0.25) is 11.8 Å². The molecule has 3 heterocycles. The molecule has 8 heteroatoms. The van der Waals surface area contributed by atoms with Crippen LogP contribution in [0.2, 0.25) is 0 Å². The SMILES string of the molecule is COC(=O)C1=C(N)Oc2cc(C)[nH]c(=O)c2C12C(=O)N(C)c1ccccc12. The number of hydrogen-bond donors (Lipinski definition) is 2. The minimum Gasteiger partial charge on any atom is -0.465 e. The van der Waals surface area contributed by atoms with Crippen LogP contribution in [0, 0.1) is 6.92 Å². The summed E-state index contributed by atoms with van der Waals surface area (Å²) < 4.78 is 10.5. The number of anilines is 1. The van der Waals surface area contributed by atoms with Gasteiger partial charge in [0, 0.05) is 30.1 Å². The number of ether oxygens (including phenoxy) is 2. The van der Waals surface area contributed by atoms with Crippen molar-refractivity contribution in [2.75, 3.05) is 19.1 Å². The van der Waals surface area contributed by atoms with Crippen molar-refractivity contribution in [1.29, 1.82) is 0 Å². The number of H-pyrrole nitrogens is 1. The fourth-order valence-corrected chi connectivity index (χ4v) is 3.97. The van der Waals surface area contributed by atoms with Crippen LogP contribution < -0.4 is 20.9 Å². The van der Waals surface area contributed by atoms with Crippen LogP contribution in [0.4, 0.5) is 5.69 Å². The number of esters is 1. The van der Waals surface area contributed by atoms with Crippen molar-refractivity contribution >= 4 is 17.6 Å². The van der Waals surface area contributed by atoms with Crippen LogP contribution in [0.1, 0.15) is 16.8 Å². The second kappa shape index (κ2) is 5.47. The van der Waals surface area contributed by atoms with Crippen molar-refractivity contribution in [2.24, 2.45) is 5.73 Å². The second-order valence-corrected chi connectivity index (χ2v) is 6.48. The number of nitrogens with one attached hydrogen (secondary N) is 1. The Morgan fingerprint density at radius 3 is 2.70 bits per heavy atom. The lowest BCUT2D eigenvalue weighted by Crippen LogP contribution is -2.50. The molecule has 0 saturated carbocycles. The number of aryl methyl sites for hydroxylation is 1. The van der Waals surface area contributed by atoms with E-state index in [0.717, 1.165) is 0 Å². The molecule has 0 radical (unpaired) electrons. The molecule has 1 aromatic heterocycles. The van der Waals surface area contributed by atoms with Gasteiger partial charge in [-0.3, -0.25) is 9.59 Å². The molecule has 0 aliphatic carbocycles. The molecule has 0 bridgehead atoms. The zero-order valence-corrected chi connectivity index (χ0v) is 15.0. The van der Waals surface area contributed by atoms with Crippen LogP contribution in [-0.4, -0.2) is 31.0 Å². The van der Waals surface area contributed by atoms with Gasteiger partial charge in [0.15, 0.2) is 0 Å². The molecular weight excluding hydrogens is 350 g/mol. The first kappa shape index (κ1) is 16.9. The van der Waals surface area contributed by atoms with E-state index in [1.165, 1.54) is 12.0 Å². The van der Waals surface area contributed by atoms with Crippen molar-refractivity contribution in [3.05, 3.63) is 69.0 Å². The molecule has 1 amide bonds. The normalized spacial score (nSPS) is 20.4. The van der Waals surface area contributed by atoms with E-state index in [0.29, 0.717) is 16.9 Å². The number of nitrogens with zero attached hydrogens (tertiary/aromatic N) is 1. The minimum absolute atomic E-state index is 0.0181. The Kier molecular flexibility index (Phi) is 3.42. The number of aromatic amines is 1. The predicted molar refractivity (Wildman–Crippen MR) is 96.3 cm³/mol. The molecular formula is C19H17N3O5. The summed E-state index contributed by atoms with van der Waals surface area (Å²) >= 11 is 0. The van der Waals surface area contributed by atoms with Gasteiger partial charge in [-0.15, -0.1) is 0 Å². The maximum atomic E-state index is 13.5. The Balaban J connectivity index is 2.22. The van der Waals surface area contributed by atoms with Gasteiger partial charge in [-0.2, -0.15) is 0 Å². The summed E-state index contributed by atoms with van der Waals surface area (Å²) in [6.45, 7) is 1.68. The third-order valence-corrected chi connectivity index (χ3v) is 5.03. The summed E-state index contributed by atoms with van der Waals surface area (Å²) in [5, 5.41) is 0. The second-order valence-electron chi connectivity index (χ2n) is 6.48. The molecule has 4 rings (SSSR count). The standard InChI is InChI=1S/C19H17N3O5/c1-9-8-12-13(16(23)21-9)19(14(15(20)27-12)17(24)26-3)10-6-4-5-7-11(10)22(2)18(19)25/h4-8H,20H2,1-3H3,(H,21,23). The topological polar surface area (TPSA) is 115 Å². The Morgan fingerprint density at radius 2 is 2.00 bits per heavy atom. The molecule has 1 atom stereocenters. The summed E-state index contributed by atoms with van der Waals surface area (Å²) in [5.41, 5.74) is 5.20. The van der Waals surface area contributed by atoms with Crippen LogP contribution in [0.15, 0.2) is 46.6 Å². The van der Waals surface area contributed by atoms with Crippen molar-refractivity contribution in [1.82, 2.24) is 4.98 Å². The average Bonchev–Trinajstić information content (AvgIpc) is 2.84. The lowest BCUT2D eigenvalue weighted by molar-refractivity contribution is -0.138. The van der Waals surface area contributed by atoms with E-state index >= 15 is 0 Å². The Bertz CT molecular complexity index is 1100. The fraction of sp³-hybridized carbons (Fsp3) is 0.211. The van der Waals surface area contributed by atoms with Gasteiger partial charge >= 0.3 is 5.97 Å². The maximum absolute atomic E-state index is 13.5. The quantitative estimate of drug-likeness (QED) is 0.717. The highest BCUT2D eigenvalue weighted by Crippen LogP contribution is 2.53. The van der Waals surface area contributed by atoms with E-state index in [-0.39, 0.29) is 22.8 Å². The maximum Gasteiger partial charge on any atom is 0.340 e. The van der Waals surface area contributed by atoms with E-state index in [1.807, 2.05) is 0 Å². The summed E-state index contributed by atoms with van der Waals surface area (Å²) in [6, 6.07) is 8.52. The molecule has 27 heavy (non-hydrogen) atoms. The Labute approximate surface area is 154 Å². The summed E-state index contributed by atoms with van der Waals surface area (Å²) in [7, 11) is 2.76. The minimum atomic E-state index is -1.74. The molecule has 1 aromatic carbocycles. The van der Waals surface area contributed by atoms with Crippen molar-refractivity contribution in [2.45, 2.75) is 12.3 Å². The highest BCUT2D eigenvalue weighted by molar-refractivity contribution is 6.18. The lowest BCUT2D eigenvalue weighted by atomic mass is 9.68. The number of carbonyl (C=O) groups is 2. The number of aromatic nitrogens is 1. The number of hydrogen-bond acceptors (Lipinski definition) is 6. The Hall–Kier alpha value is -3.55. The number of pyridine rings is 1. The number of fused-ring (bicyclic) bond motifs is 4. The van der Waals surface area contributed by atoms with Crippen molar-refractivity contribution in [3.8, 4) is 5.75 Å². The largest absolute Gasteiger partial charge is 0.465 e. The van der Waals surface area contributed by atoms with Crippen molar-refractivity contribution < 1.29 is 19.1 Å². The summed E-state index contributed by atoms with van der Waals surface area (Å²) in [5.74, 6) is -1.44. The van der Waals surface area contributed by atoms with Gasteiger partial charge in [-0.25, -0.2) is 4.79 Å². The van der Waals surface area contributed by atoms with Gasteiger partial charge in [-0.1, -0.05) is 18.2 Å². The van der Waals surface area contributed by atoms with E-state index < -0.39 is 22.9 Å². The number of para-hydroxylation sites is 1. The van der Waals surface area contributed by atoms with Crippen LogP contribution >= 0.6 is 0 Å². The molecule has 0 fully saturated rings. The molecule has 1 spiro atoms. The zero-order chi connectivity index (χ0) is 19.5. The molecule has 0 saturated heterocycles. The van der Waals surface area contributed by atoms with Gasteiger partial charge in [0.1, 0.15) is 16.7 Å². The zero-order valence-electron chi connectivity index (χ0n) is 15.0. The number of rotatable bonds is 1. The van der Waals surface area contributed by atoms with Gasteiger partial charge in [-0.05, 0) is 13.0 Å². The number of benzene rings is 1. The first-order valence-electron chi connectivity index (χ1n) is 8.22. The summed E-state index contributed by atoms with van der Waals surface area (Å²) in [4.78, 5) is 43.2. The number of amides is 1. The van der Waals surface area contributed by atoms with E-state index in [9.17, 15) is 14.4 Å². The van der Waals surface area contributed by atoms with E-state index in [2.05, 4.69) is 4.98 Å². The number of carbonyl (C=O) groups excluding carboxylic acids is 2. The van der Waals surface area contributed by atoms with Gasteiger partial charge < -0.3 is 25.1 Å². The number of nitrogens with two attached hydrogens (primary N) is 1. The molecule has 2 aromatic rings. The van der Waals surface area contributed by atoms with Crippen LogP contribution in [0.5, 0.6) is 5.75 Å². The average molecular weight is 367 g/mol. The van der Waals surface area contributed by atoms with Gasteiger partial charge in [0.25, 0.3) is 5.56 Å². The first-order valence-corrected chi connectivity index (χ1v) is 8.22. The van der Waals surface area contributed by atoms with Gasteiger partial charge in [0.05, 0.1) is 12.7 Å². The van der Waals surface area contributed by atoms with Crippen LogP contribution in [-0.2, 0) is 19.7 Å². The number of methoxy groups -OCH3 is 1. The van der Waals surface area contributed by atoms with Crippen molar-refractivity contribution in [3.63, 3.8) is 0 Å².